The standard InChI is InChI=1S/C11H18BrNO/c1-7(11(2,3)4)10(13)8-5-6-9(12)14-8/h5-7,10H,13H2,1-4H3. The summed E-state index contributed by atoms with van der Waals surface area (Å²) in [5, 5.41) is 0. The summed E-state index contributed by atoms with van der Waals surface area (Å²) in [6, 6.07) is 3.77. The Labute approximate surface area is 94.0 Å². The van der Waals surface area contributed by atoms with Gasteiger partial charge >= 0.3 is 0 Å². The van der Waals surface area contributed by atoms with Crippen molar-refractivity contribution in [3.63, 3.8) is 0 Å². The zero-order chi connectivity index (χ0) is 10.9. The van der Waals surface area contributed by atoms with E-state index in [0.29, 0.717) is 5.92 Å². The molecule has 0 amide bonds. The molecule has 0 bridgehead atoms. The van der Waals surface area contributed by atoms with Gasteiger partial charge in [0.2, 0.25) is 0 Å². The van der Waals surface area contributed by atoms with Crippen LogP contribution in [0.25, 0.3) is 0 Å². The first-order valence-corrected chi connectivity index (χ1v) is 5.62. The van der Waals surface area contributed by atoms with Crippen LogP contribution in [0.1, 0.15) is 39.5 Å². The third-order valence-electron chi connectivity index (χ3n) is 2.83. The van der Waals surface area contributed by atoms with Gasteiger partial charge in [-0.05, 0) is 39.4 Å². The van der Waals surface area contributed by atoms with E-state index in [9.17, 15) is 0 Å². The third-order valence-corrected chi connectivity index (χ3v) is 3.25. The highest BCUT2D eigenvalue weighted by Crippen LogP contribution is 2.35. The molecule has 14 heavy (non-hydrogen) atoms. The molecular weight excluding hydrogens is 242 g/mol. The molecule has 0 radical (unpaired) electrons. The molecule has 1 heterocycles. The summed E-state index contributed by atoms with van der Waals surface area (Å²) in [5.41, 5.74) is 6.32. The number of hydrogen-bond acceptors (Lipinski definition) is 2. The summed E-state index contributed by atoms with van der Waals surface area (Å²) in [5.74, 6) is 1.22. The maximum Gasteiger partial charge on any atom is 0.169 e. The van der Waals surface area contributed by atoms with Gasteiger partial charge in [-0.2, -0.15) is 0 Å². The minimum absolute atomic E-state index is 0.0405. The van der Waals surface area contributed by atoms with Crippen LogP contribution in [-0.4, -0.2) is 0 Å². The van der Waals surface area contributed by atoms with Crippen molar-refractivity contribution in [2.45, 2.75) is 33.7 Å². The fraction of sp³-hybridized carbons (Fsp3) is 0.636. The van der Waals surface area contributed by atoms with Crippen LogP contribution < -0.4 is 5.73 Å². The summed E-state index contributed by atoms with van der Waals surface area (Å²) >= 11 is 3.28. The van der Waals surface area contributed by atoms with Gasteiger partial charge in [0.1, 0.15) is 5.76 Å². The van der Waals surface area contributed by atoms with Crippen molar-refractivity contribution in [2.24, 2.45) is 17.1 Å². The second-order valence-electron chi connectivity index (χ2n) is 4.82. The Bertz CT molecular complexity index is 300. The summed E-state index contributed by atoms with van der Waals surface area (Å²) in [4.78, 5) is 0. The molecule has 0 fully saturated rings. The van der Waals surface area contributed by atoms with E-state index < -0.39 is 0 Å². The van der Waals surface area contributed by atoms with Crippen molar-refractivity contribution >= 4 is 15.9 Å². The van der Waals surface area contributed by atoms with Crippen LogP contribution in [0, 0.1) is 11.3 Å². The molecule has 1 aromatic rings. The highest BCUT2D eigenvalue weighted by Gasteiger charge is 2.28. The molecule has 0 saturated heterocycles. The second kappa shape index (κ2) is 4.07. The van der Waals surface area contributed by atoms with Crippen molar-refractivity contribution in [3.05, 3.63) is 22.6 Å². The number of rotatable bonds is 2. The third kappa shape index (κ3) is 2.61. The molecule has 2 nitrogen and oxygen atoms in total. The zero-order valence-corrected chi connectivity index (χ0v) is 10.8. The maximum atomic E-state index is 6.12. The lowest BCUT2D eigenvalue weighted by molar-refractivity contribution is 0.205. The van der Waals surface area contributed by atoms with Gasteiger partial charge < -0.3 is 10.2 Å². The summed E-state index contributed by atoms with van der Waals surface area (Å²) in [6.45, 7) is 8.72. The number of hydrogen-bond donors (Lipinski definition) is 1. The van der Waals surface area contributed by atoms with Crippen LogP contribution in [0.2, 0.25) is 0 Å². The highest BCUT2D eigenvalue weighted by molar-refractivity contribution is 9.10. The molecular formula is C11H18BrNO. The molecule has 0 aliphatic rings. The van der Waals surface area contributed by atoms with Crippen molar-refractivity contribution in [1.29, 1.82) is 0 Å². The van der Waals surface area contributed by atoms with E-state index >= 15 is 0 Å². The van der Waals surface area contributed by atoms with Gasteiger partial charge in [0.25, 0.3) is 0 Å². The quantitative estimate of drug-likeness (QED) is 0.880. The topological polar surface area (TPSA) is 39.2 Å². The molecule has 2 atom stereocenters. The van der Waals surface area contributed by atoms with Crippen LogP contribution in [0.15, 0.2) is 21.2 Å². The van der Waals surface area contributed by atoms with Gasteiger partial charge in [0.05, 0.1) is 6.04 Å². The molecule has 0 spiro atoms. The van der Waals surface area contributed by atoms with Crippen LogP contribution in [0.3, 0.4) is 0 Å². The molecule has 2 N–H and O–H groups in total. The molecule has 3 heteroatoms. The molecule has 0 aliphatic heterocycles. The SMILES string of the molecule is CC(C(N)c1ccc(Br)o1)C(C)(C)C. The summed E-state index contributed by atoms with van der Waals surface area (Å²) < 4.78 is 6.19. The minimum Gasteiger partial charge on any atom is -0.453 e. The number of nitrogens with two attached hydrogens (primary N) is 1. The number of halogens is 1. The van der Waals surface area contributed by atoms with Crippen LogP contribution >= 0.6 is 15.9 Å². The van der Waals surface area contributed by atoms with Gasteiger partial charge in [-0.25, -0.2) is 0 Å². The summed E-state index contributed by atoms with van der Waals surface area (Å²) in [7, 11) is 0. The largest absolute Gasteiger partial charge is 0.453 e. The van der Waals surface area contributed by atoms with E-state index in [1.54, 1.807) is 0 Å². The lowest BCUT2D eigenvalue weighted by Gasteiger charge is -2.31. The maximum absolute atomic E-state index is 6.12. The molecule has 2 unspecified atom stereocenters. The average molecular weight is 260 g/mol. The zero-order valence-electron chi connectivity index (χ0n) is 9.17. The van der Waals surface area contributed by atoms with Crippen LogP contribution in [-0.2, 0) is 0 Å². The Hall–Kier alpha value is -0.280. The van der Waals surface area contributed by atoms with E-state index in [4.69, 9.17) is 10.2 Å². The van der Waals surface area contributed by atoms with Crippen molar-refractivity contribution < 1.29 is 4.42 Å². The Morgan fingerprint density at radius 3 is 2.29 bits per heavy atom. The molecule has 1 rings (SSSR count). The number of furan rings is 1. The first-order valence-electron chi connectivity index (χ1n) is 4.83. The second-order valence-corrected chi connectivity index (χ2v) is 5.60. The minimum atomic E-state index is -0.0405. The van der Waals surface area contributed by atoms with E-state index in [0.717, 1.165) is 10.4 Å². The Kier molecular flexibility index (Phi) is 3.43. The van der Waals surface area contributed by atoms with Crippen molar-refractivity contribution in [3.8, 4) is 0 Å². The first kappa shape index (κ1) is 11.8. The van der Waals surface area contributed by atoms with E-state index in [-0.39, 0.29) is 11.5 Å². The average Bonchev–Trinajstić information content (AvgIpc) is 2.47. The van der Waals surface area contributed by atoms with Gasteiger partial charge in [-0.3, -0.25) is 0 Å². The Balaban J connectivity index is 2.80. The fourth-order valence-electron chi connectivity index (χ4n) is 1.29. The Morgan fingerprint density at radius 1 is 1.36 bits per heavy atom. The molecule has 0 saturated carbocycles. The first-order chi connectivity index (χ1) is 6.32. The van der Waals surface area contributed by atoms with Crippen molar-refractivity contribution in [2.75, 3.05) is 0 Å². The van der Waals surface area contributed by atoms with Gasteiger partial charge in [-0.1, -0.05) is 27.7 Å². The van der Waals surface area contributed by atoms with E-state index in [2.05, 4.69) is 43.6 Å². The van der Waals surface area contributed by atoms with Gasteiger partial charge in [0.15, 0.2) is 4.67 Å². The molecule has 0 aromatic carbocycles. The Morgan fingerprint density at radius 2 is 1.93 bits per heavy atom. The fourth-order valence-corrected chi connectivity index (χ4v) is 1.61. The van der Waals surface area contributed by atoms with Crippen molar-refractivity contribution in [1.82, 2.24) is 0 Å². The van der Waals surface area contributed by atoms with E-state index in [1.807, 2.05) is 12.1 Å². The molecule has 80 valence electrons. The van der Waals surface area contributed by atoms with Gasteiger partial charge in [-0.15, -0.1) is 0 Å². The smallest absolute Gasteiger partial charge is 0.169 e. The summed E-state index contributed by atoms with van der Waals surface area (Å²) in [6.07, 6.45) is 0. The molecule has 0 aliphatic carbocycles. The normalized spacial score (nSPS) is 16.7. The predicted molar refractivity (Wildman–Crippen MR) is 62.0 cm³/mol. The predicted octanol–water partition coefficient (Wildman–Crippen LogP) is 3.72. The lowest BCUT2D eigenvalue weighted by Crippen LogP contribution is -2.29. The van der Waals surface area contributed by atoms with Crippen LogP contribution in [0.4, 0.5) is 0 Å². The monoisotopic (exact) mass is 259 g/mol. The van der Waals surface area contributed by atoms with Crippen LogP contribution in [0.5, 0.6) is 0 Å². The van der Waals surface area contributed by atoms with E-state index in [1.165, 1.54) is 0 Å². The highest BCUT2D eigenvalue weighted by atomic mass is 79.9. The lowest BCUT2D eigenvalue weighted by atomic mass is 9.77. The molecule has 1 aromatic heterocycles. The van der Waals surface area contributed by atoms with Gasteiger partial charge in [0, 0.05) is 0 Å².